The van der Waals surface area contributed by atoms with Gasteiger partial charge in [0.15, 0.2) is 0 Å². The van der Waals surface area contributed by atoms with E-state index in [9.17, 15) is 19.2 Å². The normalized spacial score (nSPS) is 10.3. The van der Waals surface area contributed by atoms with Crippen molar-refractivity contribution >= 4 is 34.9 Å². The van der Waals surface area contributed by atoms with Gasteiger partial charge < -0.3 is 20.0 Å². The lowest BCUT2D eigenvalue weighted by Crippen LogP contribution is -2.21. The average Bonchev–Trinajstić information content (AvgIpc) is 2.74. The Bertz CT molecular complexity index is 844. The molecule has 0 bridgehead atoms. The maximum Gasteiger partial charge on any atom is 0.305 e. The van der Waals surface area contributed by atoms with E-state index in [1.54, 1.807) is 72.4 Å². The van der Waals surface area contributed by atoms with Gasteiger partial charge in [0.1, 0.15) is 0 Å². The molecule has 0 radical (unpaired) electrons. The molecular weight excluding hydrogens is 388 g/mol. The Hall–Kier alpha value is -3.68. The van der Waals surface area contributed by atoms with E-state index in [1.807, 2.05) is 0 Å². The van der Waals surface area contributed by atoms with Crippen molar-refractivity contribution in [1.82, 2.24) is 0 Å². The van der Waals surface area contributed by atoms with Crippen LogP contribution in [0, 0.1) is 0 Å². The van der Waals surface area contributed by atoms with Gasteiger partial charge in [0.25, 0.3) is 0 Å². The molecule has 0 aromatic heterocycles. The van der Waals surface area contributed by atoms with Crippen LogP contribution in [0.4, 0.5) is 11.4 Å². The standard InChI is InChI=1S/C22H24N2O6/c1-23(13-11-19(25)26)17-7-3-15(4-8-17)21(29)22(30)16-5-9-18(10-6-16)24(2)14-12-20(27)28/h3-10H,11-14H2,1-2H3,(H,25,26)(H,27,28). The van der Waals surface area contributed by atoms with Crippen molar-refractivity contribution in [2.24, 2.45) is 0 Å². The molecule has 0 fully saturated rings. The Morgan fingerprint density at radius 3 is 1.20 bits per heavy atom. The lowest BCUT2D eigenvalue weighted by Gasteiger charge is -2.18. The van der Waals surface area contributed by atoms with Crippen molar-refractivity contribution in [2.75, 3.05) is 37.0 Å². The van der Waals surface area contributed by atoms with Gasteiger partial charge in [-0.25, -0.2) is 0 Å². The molecule has 0 saturated heterocycles. The molecular formula is C22H24N2O6. The summed E-state index contributed by atoms with van der Waals surface area (Å²) in [6.07, 6.45) is -0.00564. The first-order valence-corrected chi connectivity index (χ1v) is 9.34. The van der Waals surface area contributed by atoms with Crippen LogP contribution in [0.2, 0.25) is 0 Å². The van der Waals surface area contributed by atoms with Crippen LogP contribution in [-0.2, 0) is 9.59 Å². The summed E-state index contributed by atoms with van der Waals surface area (Å²) in [6, 6.07) is 12.8. The number of Topliss-reactive ketones (excluding diaryl/α,β-unsaturated/α-hetero) is 2. The molecule has 0 heterocycles. The van der Waals surface area contributed by atoms with Crippen LogP contribution in [0.3, 0.4) is 0 Å². The summed E-state index contributed by atoms with van der Waals surface area (Å²) in [6.45, 7) is 0.656. The smallest absolute Gasteiger partial charge is 0.305 e. The minimum atomic E-state index is -0.890. The Kier molecular flexibility index (Phi) is 7.69. The third-order valence-corrected chi connectivity index (χ3v) is 4.67. The number of nitrogens with zero attached hydrogens (tertiary/aromatic N) is 2. The van der Waals surface area contributed by atoms with Gasteiger partial charge >= 0.3 is 11.9 Å². The van der Waals surface area contributed by atoms with Crippen molar-refractivity contribution in [1.29, 1.82) is 0 Å². The van der Waals surface area contributed by atoms with Crippen molar-refractivity contribution in [3.63, 3.8) is 0 Å². The van der Waals surface area contributed by atoms with Crippen LogP contribution in [0.15, 0.2) is 48.5 Å². The number of carbonyl (C=O) groups excluding carboxylic acids is 2. The van der Waals surface area contributed by atoms with Crippen LogP contribution < -0.4 is 9.80 Å². The fourth-order valence-electron chi connectivity index (χ4n) is 2.78. The zero-order valence-corrected chi connectivity index (χ0v) is 16.9. The maximum absolute atomic E-state index is 12.5. The van der Waals surface area contributed by atoms with E-state index in [0.29, 0.717) is 13.1 Å². The quantitative estimate of drug-likeness (QED) is 0.427. The number of aliphatic carboxylic acids is 2. The molecule has 0 aliphatic heterocycles. The molecule has 8 nitrogen and oxygen atoms in total. The molecule has 2 N–H and O–H groups in total. The average molecular weight is 412 g/mol. The maximum atomic E-state index is 12.5. The number of ketones is 2. The molecule has 0 aliphatic rings. The number of hydrogen-bond donors (Lipinski definition) is 2. The number of hydrogen-bond acceptors (Lipinski definition) is 6. The van der Waals surface area contributed by atoms with E-state index in [2.05, 4.69) is 0 Å². The molecule has 158 valence electrons. The van der Waals surface area contributed by atoms with E-state index < -0.39 is 23.5 Å². The lowest BCUT2D eigenvalue weighted by atomic mass is 10.0. The Balaban J connectivity index is 2.03. The molecule has 0 aliphatic carbocycles. The number of carboxylic acids is 2. The molecule has 0 spiro atoms. The minimum absolute atomic E-state index is 0.00282. The molecule has 0 saturated carbocycles. The van der Waals surface area contributed by atoms with Gasteiger partial charge in [0, 0.05) is 49.7 Å². The fraction of sp³-hybridized carbons (Fsp3) is 0.273. The number of carbonyl (C=O) groups is 4. The van der Waals surface area contributed by atoms with Crippen molar-refractivity contribution in [2.45, 2.75) is 12.8 Å². The lowest BCUT2D eigenvalue weighted by molar-refractivity contribution is -0.137. The van der Waals surface area contributed by atoms with Gasteiger partial charge in [-0.1, -0.05) is 0 Å². The van der Waals surface area contributed by atoms with Crippen molar-refractivity contribution in [3.05, 3.63) is 59.7 Å². The SMILES string of the molecule is CN(CCC(=O)O)c1ccc(C(=O)C(=O)c2ccc(N(C)CCC(=O)O)cc2)cc1. The highest BCUT2D eigenvalue weighted by Crippen LogP contribution is 2.18. The van der Waals surface area contributed by atoms with Gasteiger partial charge in [-0.3, -0.25) is 19.2 Å². The number of carboxylic acid groups (broad SMARTS) is 2. The molecule has 0 atom stereocenters. The second-order valence-electron chi connectivity index (χ2n) is 6.88. The molecule has 0 unspecified atom stereocenters. The van der Waals surface area contributed by atoms with E-state index in [4.69, 9.17) is 10.2 Å². The minimum Gasteiger partial charge on any atom is -0.481 e. The van der Waals surface area contributed by atoms with Crippen molar-refractivity contribution < 1.29 is 29.4 Å². The largest absolute Gasteiger partial charge is 0.481 e. The van der Waals surface area contributed by atoms with E-state index >= 15 is 0 Å². The van der Waals surface area contributed by atoms with Crippen LogP contribution in [0.25, 0.3) is 0 Å². The zero-order valence-electron chi connectivity index (χ0n) is 16.9. The highest BCUT2D eigenvalue weighted by atomic mass is 16.4. The third-order valence-electron chi connectivity index (χ3n) is 4.67. The summed E-state index contributed by atoms with van der Waals surface area (Å²) in [5, 5.41) is 17.5. The predicted molar refractivity (Wildman–Crippen MR) is 113 cm³/mol. The molecule has 30 heavy (non-hydrogen) atoms. The molecule has 8 heteroatoms. The van der Waals surface area contributed by atoms with Gasteiger partial charge in [-0.05, 0) is 48.5 Å². The van der Waals surface area contributed by atoms with Crippen LogP contribution in [0.5, 0.6) is 0 Å². The number of benzene rings is 2. The topological polar surface area (TPSA) is 115 Å². The Morgan fingerprint density at radius 2 is 0.933 bits per heavy atom. The van der Waals surface area contributed by atoms with E-state index in [-0.39, 0.29) is 24.0 Å². The predicted octanol–water partition coefficient (Wildman–Crippen LogP) is 2.57. The zero-order chi connectivity index (χ0) is 22.3. The van der Waals surface area contributed by atoms with Gasteiger partial charge in [-0.15, -0.1) is 0 Å². The van der Waals surface area contributed by atoms with E-state index in [1.165, 1.54) is 0 Å². The van der Waals surface area contributed by atoms with Crippen LogP contribution in [-0.4, -0.2) is 60.9 Å². The number of anilines is 2. The van der Waals surface area contributed by atoms with E-state index in [0.717, 1.165) is 11.4 Å². The monoisotopic (exact) mass is 412 g/mol. The van der Waals surface area contributed by atoms with Gasteiger partial charge in [0.05, 0.1) is 12.8 Å². The summed E-state index contributed by atoms with van der Waals surface area (Å²) >= 11 is 0. The first-order valence-electron chi connectivity index (χ1n) is 9.34. The fourth-order valence-corrected chi connectivity index (χ4v) is 2.78. The van der Waals surface area contributed by atoms with Crippen LogP contribution >= 0.6 is 0 Å². The first-order chi connectivity index (χ1) is 14.2. The summed E-state index contributed by atoms with van der Waals surface area (Å²) in [5.74, 6) is -3.06. The third kappa shape index (κ3) is 6.16. The summed E-state index contributed by atoms with van der Waals surface area (Å²) in [4.78, 5) is 49.9. The van der Waals surface area contributed by atoms with Crippen molar-refractivity contribution in [3.8, 4) is 0 Å². The second kappa shape index (κ2) is 10.2. The Morgan fingerprint density at radius 1 is 0.633 bits per heavy atom. The highest BCUT2D eigenvalue weighted by molar-refractivity contribution is 6.49. The van der Waals surface area contributed by atoms with Gasteiger partial charge in [-0.2, -0.15) is 0 Å². The molecule has 2 aromatic rings. The summed E-state index contributed by atoms with van der Waals surface area (Å²) in [7, 11) is 3.50. The van der Waals surface area contributed by atoms with Crippen LogP contribution in [0.1, 0.15) is 33.6 Å². The highest BCUT2D eigenvalue weighted by Gasteiger charge is 2.19. The number of rotatable bonds is 11. The molecule has 2 rings (SSSR count). The summed E-state index contributed by atoms with van der Waals surface area (Å²) < 4.78 is 0. The second-order valence-corrected chi connectivity index (χ2v) is 6.88. The summed E-state index contributed by atoms with van der Waals surface area (Å²) in [5.41, 5.74) is 1.99. The first kappa shape index (κ1) is 22.6. The van der Waals surface area contributed by atoms with Gasteiger partial charge in [0.2, 0.25) is 11.6 Å². The Labute approximate surface area is 174 Å². The molecule has 0 amide bonds. The molecule has 2 aromatic carbocycles.